The zero-order chi connectivity index (χ0) is 8.10. The number of oxime groups is 1. The number of hydrogen-bond acceptors (Lipinski definition) is 3. The standard InChI is InChI=1S/C8H11NOS/c1-7(9-10-2)5-8-3-4-11-6-8/h3-4,6H,5H2,1-2H3/b9-7-. The summed E-state index contributed by atoms with van der Waals surface area (Å²) in [6.07, 6.45) is 0.886. The van der Waals surface area contributed by atoms with Crippen molar-refractivity contribution >= 4 is 17.0 Å². The van der Waals surface area contributed by atoms with Crippen LogP contribution in [0.3, 0.4) is 0 Å². The summed E-state index contributed by atoms with van der Waals surface area (Å²) in [6.45, 7) is 1.96. The summed E-state index contributed by atoms with van der Waals surface area (Å²) in [5.41, 5.74) is 2.30. The van der Waals surface area contributed by atoms with Crippen LogP contribution < -0.4 is 0 Å². The third kappa shape index (κ3) is 2.72. The predicted molar refractivity (Wildman–Crippen MR) is 48.1 cm³/mol. The van der Waals surface area contributed by atoms with Crippen molar-refractivity contribution in [1.29, 1.82) is 0 Å². The maximum Gasteiger partial charge on any atom is 0.106 e. The van der Waals surface area contributed by atoms with Gasteiger partial charge < -0.3 is 4.84 Å². The Morgan fingerprint density at radius 3 is 3.09 bits per heavy atom. The molecule has 1 aromatic rings. The van der Waals surface area contributed by atoms with Gasteiger partial charge in [-0.2, -0.15) is 11.3 Å². The molecule has 0 N–H and O–H groups in total. The minimum Gasteiger partial charge on any atom is -0.399 e. The highest BCUT2D eigenvalue weighted by molar-refractivity contribution is 7.07. The molecule has 1 aromatic heterocycles. The van der Waals surface area contributed by atoms with Crippen LogP contribution in [0.5, 0.6) is 0 Å². The van der Waals surface area contributed by atoms with Gasteiger partial charge in [-0.1, -0.05) is 5.16 Å². The van der Waals surface area contributed by atoms with Gasteiger partial charge in [0.15, 0.2) is 0 Å². The van der Waals surface area contributed by atoms with Gasteiger partial charge in [-0.25, -0.2) is 0 Å². The summed E-state index contributed by atoms with van der Waals surface area (Å²) in [6, 6.07) is 2.10. The van der Waals surface area contributed by atoms with Gasteiger partial charge >= 0.3 is 0 Å². The average Bonchev–Trinajstić information content (AvgIpc) is 2.40. The van der Waals surface area contributed by atoms with Crippen LogP contribution >= 0.6 is 11.3 Å². The van der Waals surface area contributed by atoms with E-state index in [9.17, 15) is 0 Å². The second kappa shape index (κ2) is 4.13. The SMILES string of the molecule is CO/N=C(/C)Cc1ccsc1. The Morgan fingerprint density at radius 2 is 2.55 bits per heavy atom. The largest absolute Gasteiger partial charge is 0.399 e. The average molecular weight is 169 g/mol. The van der Waals surface area contributed by atoms with Crippen molar-refractivity contribution in [3.05, 3.63) is 22.4 Å². The smallest absolute Gasteiger partial charge is 0.106 e. The minimum absolute atomic E-state index is 0.886. The molecular formula is C8H11NOS. The molecule has 0 atom stereocenters. The van der Waals surface area contributed by atoms with Gasteiger partial charge in [0.1, 0.15) is 7.11 Å². The van der Waals surface area contributed by atoms with E-state index >= 15 is 0 Å². The predicted octanol–water partition coefficient (Wildman–Crippen LogP) is 2.31. The van der Waals surface area contributed by atoms with Crippen LogP contribution in [0.2, 0.25) is 0 Å². The van der Waals surface area contributed by atoms with Crippen LogP contribution in [0.1, 0.15) is 12.5 Å². The maximum absolute atomic E-state index is 4.64. The molecule has 0 aromatic carbocycles. The highest BCUT2D eigenvalue weighted by Crippen LogP contribution is 2.07. The minimum atomic E-state index is 0.886. The highest BCUT2D eigenvalue weighted by atomic mass is 32.1. The molecule has 0 aliphatic carbocycles. The maximum atomic E-state index is 4.64. The molecule has 1 heterocycles. The molecule has 2 nitrogen and oxygen atoms in total. The lowest BCUT2D eigenvalue weighted by molar-refractivity contribution is 0.212. The molecule has 11 heavy (non-hydrogen) atoms. The number of nitrogens with zero attached hydrogens (tertiary/aromatic N) is 1. The summed E-state index contributed by atoms with van der Waals surface area (Å²) < 4.78 is 0. The molecule has 0 amide bonds. The summed E-state index contributed by atoms with van der Waals surface area (Å²) in [4.78, 5) is 4.64. The second-order valence-electron chi connectivity index (χ2n) is 2.32. The summed E-state index contributed by atoms with van der Waals surface area (Å²) in [5.74, 6) is 0. The van der Waals surface area contributed by atoms with Crippen molar-refractivity contribution < 1.29 is 4.84 Å². The Kier molecular flexibility index (Phi) is 3.11. The van der Waals surface area contributed by atoms with E-state index in [4.69, 9.17) is 0 Å². The molecule has 0 saturated heterocycles. The van der Waals surface area contributed by atoms with E-state index in [0.29, 0.717) is 0 Å². The van der Waals surface area contributed by atoms with E-state index < -0.39 is 0 Å². The first-order valence-corrected chi connectivity index (χ1v) is 4.35. The lowest BCUT2D eigenvalue weighted by atomic mass is 10.2. The first kappa shape index (κ1) is 8.27. The number of thiophene rings is 1. The van der Waals surface area contributed by atoms with Gasteiger partial charge in [-0.05, 0) is 29.3 Å². The lowest BCUT2D eigenvalue weighted by Crippen LogP contribution is -1.96. The molecular weight excluding hydrogens is 158 g/mol. The van der Waals surface area contributed by atoms with Crippen LogP contribution in [0.15, 0.2) is 22.0 Å². The van der Waals surface area contributed by atoms with E-state index in [-0.39, 0.29) is 0 Å². The molecule has 0 radical (unpaired) electrons. The van der Waals surface area contributed by atoms with Crippen molar-refractivity contribution in [2.45, 2.75) is 13.3 Å². The molecule has 3 heteroatoms. The molecule has 0 aliphatic heterocycles. The van der Waals surface area contributed by atoms with E-state index in [1.807, 2.05) is 6.92 Å². The van der Waals surface area contributed by atoms with E-state index in [0.717, 1.165) is 12.1 Å². The van der Waals surface area contributed by atoms with Gasteiger partial charge in [0, 0.05) is 6.42 Å². The van der Waals surface area contributed by atoms with Crippen molar-refractivity contribution in [3.8, 4) is 0 Å². The molecule has 0 aliphatic rings. The molecule has 60 valence electrons. The van der Waals surface area contributed by atoms with Crippen LogP contribution in [-0.4, -0.2) is 12.8 Å². The Labute approximate surface area is 70.5 Å². The molecule has 0 bridgehead atoms. The van der Waals surface area contributed by atoms with Gasteiger partial charge in [-0.3, -0.25) is 0 Å². The van der Waals surface area contributed by atoms with Gasteiger partial charge in [-0.15, -0.1) is 0 Å². The zero-order valence-corrected chi connectivity index (χ0v) is 7.52. The monoisotopic (exact) mass is 169 g/mol. The summed E-state index contributed by atoms with van der Waals surface area (Å²) in [5, 5.41) is 8.01. The fraction of sp³-hybridized carbons (Fsp3) is 0.375. The van der Waals surface area contributed by atoms with Crippen LogP contribution in [0.25, 0.3) is 0 Å². The van der Waals surface area contributed by atoms with E-state index in [1.165, 1.54) is 5.56 Å². The Hall–Kier alpha value is -0.830. The Morgan fingerprint density at radius 1 is 1.73 bits per heavy atom. The van der Waals surface area contributed by atoms with Crippen molar-refractivity contribution in [1.82, 2.24) is 0 Å². The molecule has 1 rings (SSSR count). The fourth-order valence-corrected chi connectivity index (χ4v) is 1.55. The zero-order valence-electron chi connectivity index (χ0n) is 6.70. The molecule has 0 unspecified atom stereocenters. The Bertz CT molecular complexity index is 228. The molecule has 0 spiro atoms. The normalized spacial score (nSPS) is 11.6. The van der Waals surface area contributed by atoms with Crippen molar-refractivity contribution in [2.24, 2.45) is 5.16 Å². The Balaban J connectivity index is 2.50. The van der Waals surface area contributed by atoms with Crippen molar-refractivity contribution in [2.75, 3.05) is 7.11 Å². The molecule has 0 fully saturated rings. The highest BCUT2D eigenvalue weighted by Gasteiger charge is 1.95. The van der Waals surface area contributed by atoms with Crippen LogP contribution in [-0.2, 0) is 11.3 Å². The van der Waals surface area contributed by atoms with Crippen molar-refractivity contribution in [3.63, 3.8) is 0 Å². The van der Waals surface area contributed by atoms with Crippen LogP contribution in [0, 0.1) is 0 Å². The molecule has 0 saturated carbocycles. The third-order valence-electron chi connectivity index (χ3n) is 1.29. The lowest BCUT2D eigenvalue weighted by Gasteiger charge is -1.95. The first-order valence-electron chi connectivity index (χ1n) is 3.40. The van der Waals surface area contributed by atoms with E-state index in [1.54, 1.807) is 18.4 Å². The first-order chi connectivity index (χ1) is 5.33. The van der Waals surface area contributed by atoms with Gasteiger partial charge in [0.05, 0.1) is 5.71 Å². The van der Waals surface area contributed by atoms with Crippen LogP contribution in [0.4, 0.5) is 0 Å². The van der Waals surface area contributed by atoms with E-state index in [2.05, 4.69) is 26.8 Å². The number of rotatable bonds is 3. The fourth-order valence-electron chi connectivity index (χ4n) is 0.877. The van der Waals surface area contributed by atoms with Gasteiger partial charge in [0.2, 0.25) is 0 Å². The summed E-state index contributed by atoms with van der Waals surface area (Å²) in [7, 11) is 1.57. The topological polar surface area (TPSA) is 21.6 Å². The summed E-state index contributed by atoms with van der Waals surface area (Å²) >= 11 is 1.70. The quantitative estimate of drug-likeness (QED) is 0.502. The number of hydrogen-bond donors (Lipinski definition) is 0. The second-order valence-corrected chi connectivity index (χ2v) is 3.10. The van der Waals surface area contributed by atoms with Gasteiger partial charge in [0.25, 0.3) is 0 Å². The third-order valence-corrected chi connectivity index (χ3v) is 2.02.